The van der Waals surface area contributed by atoms with E-state index in [-0.39, 0.29) is 11.9 Å². The number of halogens is 2. The molecule has 0 spiro atoms. The fraction of sp³-hybridized carbons (Fsp3) is 0.316. The predicted octanol–water partition coefficient (Wildman–Crippen LogP) is 5.12. The van der Waals surface area contributed by atoms with E-state index < -0.39 is 0 Å². The molecule has 0 heterocycles. The SMILES string of the molecule is O=C(CCc1ccc(Cl)cc1Cl)N[C@H]1CCCc2ccccc21. The van der Waals surface area contributed by atoms with Gasteiger partial charge in [-0.3, -0.25) is 4.79 Å². The minimum Gasteiger partial charge on any atom is -0.349 e. The maximum Gasteiger partial charge on any atom is 0.220 e. The van der Waals surface area contributed by atoms with Gasteiger partial charge in [0.15, 0.2) is 0 Å². The molecule has 0 fully saturated rings. The number of hydrogen-bond acceptors (Lipinski definition) is 1. The van der Waals surface area contributed by atoms with Gasteiger partial charge in [0.25, 0.3) is 0 Å². The topological polar surface area (TPSA) is 29.1 Å². The Balaban J connectivity index is 1.60. The second kappa shape index (κ2) is 7.37. The van der Waals surface area contributed by atoms with Gasteiger partial charge in [-0.25, -0.2) is 0 Å². The first-order valence-electron chi connectivity index (χ1n) is 7.94. The molecule has 0 saturated carbocycles. The Morgan fingerprint density at radius 1 is 1.17 bits per heavy atom. The summed E-state index contributed by atoms with van der Waals surface area (Å²) in [4.78, 5) is 12.3. The third-order valence-electron chi connectivity index (χ3n) is 4.34. The summed E-state index contributed by atoms with van der Waals surface area (Å²) in [5.41, 5.74) is 3.57. The highest BCUT2D eigenvalue weighted by molar-refractivity contribution is 6.35. The maximum absolute atomic E-state index is 12.3. The van der Waals surface area contributed by atoms with Gasteiger partial charge in [0, 0.05) is 16.5 Å². The lowest BCUT2D eigenvalue weighted by molar-refractivity contribution is -0.121. The van der Waals surface area contributed by atoms with E-state index in [0.717, 1.165) is 24.8 Å². The molecule has 23 heavy (non-hydrogen) atoms. The Bertz CT molecular complexity index is 714. The zero-order valence-electron chi connectivity index (χ0n) is 12.8. The number of fused-ring (bicyclic) bond motifs is 1. The summed E-state index contributed by atoms with van der Waals surface area (Å²) < 4.78 is 0. The number of aryl methyl sites for hydroxylation is 2. The number of benzene rings is 2. The first-order valence-corrected chi connectivity index (χ1v) is 8.70. The van der Waals surface area contributed by atoms with E-state index in [1.165, 1.54) is 11.1 Å². The van der Waals surface area contributed by atoms with Gasteiger partial charge in [-0.1, -0.05) is 53.5 Å². The largest absolute Gasteiger partial charge is 0.349 e. The van der Waals surface area contributed by atoms with E-state index in [1.54, 1.807) is 12.1 Å². The molecule has 2 aromatic rings. The molecule has 0 saturated heterocycles. The number of carbonyl (C=O) groups excluding carboxylic acids is 1. The number of hydrogen-bond donors (Lipinski definition) is 1. The summed E-state index contributed by atoms with van der Waals surface area (Å²) in [6.45, 7) is 0. The fourth-order valence-corrected chi connectivity index (χ4v) is 3.65. The van der Waals surface area contributed by atoms with Gasteiger partial charge in [0.05, 0.1) is 6.04 Å². The predicted molar refractivity (Wildman–Crippen MR) is 95.0 cm³/mol. The molecule has 3 rings (SSSR count). The first-order chi connectivity index (χ1) is 11.1. The van der Waals surface area contributed by atoms with Gasteiger partial charge in [-0.2, -0.15) is 0 Å². The van der Waals surface area contributed by atoms with Gasteiger partial charge in [0.1, 0.15) is 0 Å². The van der Waals surface area contributed by atoms with E-state index in [0.29, 0.717) is 22.9 Å². The van der Waals surface area contributed by atoms with Crippen molar-refractivity contribution < 1.29 is 4.79 Å². The van der Waals surface area contributed by atoms with E-state index in [9.17, 15) is 4.79 Å². The average Bonchev–Trinajstić information content (AvgIpc) is 2.54. The molecule has 0 unspecified atom stereocenters. The highest BCUT2D eigenvalue weighted by atomic mass is 35.5. The Labute approximate surface area is 146 Å². The molecule has 2 aromatic carbocycles. The van der Waals surface area contributed by atoms with Gasteiger partial charge in [-0.05, 0) is 54.5 Å². The van der Waals surface area contributed by atoms with Crippen molar-refractivity contribution in [2.45, 2.75) is 38.1 Å². The van der Waals surface area contributed by atoms with Crippen molar-refractivity contribution in [3.05, 3.63) is 69.2 Å². The molecule has 2 nitrogen and oxygen atoms in total. The molecule has 4 heteroatoms. The number of nitrogens with one attached hydrogen (secondary N) is 1. The smallest absolute Gasteiger partial charge is 0.220 e. The van der Waals surface area contributed by atoms with Crippen LogP contribution in [0.5, 0.6) is 0 Å². The lowest BCUT2D eigenvalue weighted by Crippen LogP contribution is -2.31. The normalized spacial score (nSPS) is 16.7. The Kier molecular flexibility index (Phi) is 5.24. The molecule has 1 N–H and O–H groups in total. The van der Waals surface area contributed by atoms with Gasteiger partial charge in [-0.15, -0.1) is 0 Å². The highest BCUT2D eigenvalue weighted by Gasteiger charge is 2.21. The van der Waals surface area contributed by atoms with Crippen LogP contribution in [0, 0.1) is 0 Å². The van der Waals surface area contributed by atoms with Crippen molar-refractivity contribution in [2.75, 3.05) is 0 Å². The van der Waals surface area contributed by atoms with Gasteiger partial charge < -0.3 is 5.32 Å². The summed E-state index contributed by atoms with van der Waals surface area (Å²) >= 11 is 12.0. The van der Waals surface area contributed by atoms with Gasteiger partial charge >= 0.3 is 0 Å². The van der Waals surface area contributed by atoms with Crippen LogP contribution in [0.4, 0.5) is 0 Å². The van der Waals surface area contributed by atoms with Crippen LogP contribution < -0.4 is 5.32 Å². The summed E-state index contributed by atoms with van der Waals surface area (Å²) in [5, 5.41) is 4.40. The van der Waals surface area contributed by atoms with E-state index in [4.69, 9.17) is 23.2 Å². The van der Waals surface area contributed by atoms with Crippen molar-refractivity contribution in [3.63, 3.8) is 0 Å². The van der Waals surface area contributed by atoms with Crippen molar-refractivity contribution in [2.24, 2.45) is 0 Å². The van der Waals surface area contributed by atoms with Crippen LogP contribution in [0.3, 0.4) is 0 Å². The maximum atomic E-state index is 12.3. The van der Waals surface area contributed by atoms with Crippen LogP contribution in [0.15, 0.2) is 42.5 Å². The van der Waals surface area contributed by atoms with Crippen molar-refractivity contribution >= 4 is 29.1 Å². The minimum absolute atomic E-state index is 0.0673. The summed E-state index contributed by atoms with van der Waals surface area (Å²) in [5.74, 6) is 0.0673. The Morgan fingerprint density at radius 3 is 2.83 bits per heavy atom. The van der Waals surface area contributed by atoms with Crippen LogP contribution in [-0.4, -0.2) is 5.91 Å². The first kappa shape index (κ1) is 16.4. The van der Waals surface area contributed by atoms with Crippen LogP contribution in [0.1, 0.15) is 42.0 Å². The average molecular weight is 348 g/mol. The monoisotopic (exact) mass is 347 g/mol. The second-order valence-electron chi connectivity index (χ2n) is 5.95. The van der Waals surface area contributed by atoms with Crippen molar-refractivity contribution in [3.8, 4) is 0 Å². The Hall–Kier alpha value is -1.51. The van der Waals surface area contributed by atoms with Gasteiger partial charge in [0.2, 0.25) is 5.91 Å². The van der Waals surface area contributed by atoms with E-state index in [1.807, 2.05) is 12.1 Å². The molecule has 0 bridgehead atoms. The number of amides is 1. The van der Waals surface area contributed by atoms with E-state index in [2.05, 4.69) is 23.5 Å². The standard InChI is InChI=1S/C19H19Cl2NO/c20-15-10-8-14(17(21)12-15)9-11-19(23)22-18-7-3-5-13-4-1-2-6-16(13)18/h1-2,4,6,8,10,12,18H,3,5,7,9,11H2,(H,22,23)/t18-/m0/s1. The molecule has 120 valence electrons. The summed E-state index contributed by atoms with van der Waals surface area (Å²) in [7, 11) is 0. The van der Waals surface area contributed by atoms with Crippen molar-refractivity contribution in [1.29, 1.82) is 0 Å². The number of rotatable bonds is 4. The highest BCUT2D eigenvalue weighted by Crippen LogP contribution is 2.29. The molecule has 0 radical (unpaired) electrons. The van der Waals surface area contributed by atoms with Crippen LogP contribution in [-0.2, 0) is 17.6 Å². The van der Waals surface area contributed by atoms with Crippen LogP contribution in [0.2, 0.25) is 10.0 Å². The number of carbonyl (C=O) groups is 1. The second-order valence-corrected chi connectivity index (χ2v) is 6.79. The molecular formula is C19H19Cl2NO. The third kappa shape index (κ3) is 4.07. The lowest BCUT2D eigenvalue weighted by Gasteiger charge is -2.26. The van der Waals surface area contributed by atoms with Crippen molar-refractivity contribution in [1.82, 2.24) is 5.32 Å². The molecule has 1 aliphatic rings. The molecular weight excluding hydrogens is 329 g/mol. The summed E-state index contributed by atoms with van der Waals surface area (Å²) in [6.07, 6.45) is 4.27. The summed E-state index contributed by atoms with van der Waals surface area (Å²) in [6, 6.07) is 13.9. The zero-order chi connectivity index (χ0) is 16.2. The molecule has 0 aromatic heterocycles. The molecule has 1 aliphatic carbocycles. The molecule has 1 amide bonds. The third-order valence-corrected chi connectivity index (χ3v) is 4.93. The molecule has 1 atom stereocenters. The minimum atomic E-state index is 0.0673. The van der Waals surface area contributed by atoms with E-state index >= 15 is 0 Å². The Morgan fingerprint density at radius 2 is 2.00 bits per heavy atom. The lowest BCUT2D eigenvalue weighted by atomic mass is 9.87. The molecule has 0 aliphatic heterocycles. The zero-order valence-corrected chi connectivity index (χ0v) is 14.3. The van der Waals surface area contributed by atoms with Crippen LogP contribution >= 0.6 is 23.2 Å². The fourth-order valence-electron chi connectivity index (χ4n) is 3.14. The van der Waals surface area contributed by atoms with Crippen LogP contribution in [0.25, 0.3) is 0 Å². The quantitative estimate of drug-likeness (QED) is 0.816.